The number of ether oxygens (including phenoxy) is 2. The van der Waals surface area contributed by atoms with Crippen molar-refractivity contribution in [3.05, 3.63) is 29.3 Å². The van der Waals surface area contributed by atoms with Gasteiger partial charge in [0.2, 0.25) is 5.91 Å². The highest BCUT2D eigenvalue weighted by Gasteiger charge is 2.32. The fraction of sp³-hybridized carbons (Fsp3) is 0.742. The van der Waals surface area contributed by atoms with Crippen LogP contribution in [-0.2, 0) is 20.7 Å². The van der Waals surface area contributed by atoms with Crippen molar-refractivity contribution in [2.24, 2.45) is 40.6 Å². The summed E-state index contributed by atoms with van der Waals surface area (Å²) in [6, 6.07) is 5.90. The normalized spacial score (nSPS) is 15.4. The number of carbonyl (C=O) groups is 2. The molecular formula is C31H54N2O5. The molecule has 7 heteroatoms. The topological polar surface area (TPSA) is 125 Å². The van der Waals surface area contributed by atoms with Gasteiger partial charge in [-0.1, -0.05) is 53.7 Å². The number of Topliss-reactive ketones (excluding diaryl/α,β-unsaturated/α-hetero) is 1. The van der Waals surface area contributed by atoms with Gasteiger partial charge in [0.05, 0.1) is 12.7 Å². The number of benzene rings is 1. The Hall–Kier alpha value is -1.96. The molecule has 1 aromatic carbocycles. The van der Waals surface area contributed by atoms with Gasteiger partial charge in [0, 0.05) is 43.9 Å². The number of methoxy groups -OCH3 is 1. The summed E-state index contributed by atoms with van der Waals surface area (Å²) >= 11 is 0. The van der Waals surface area contributed by atoms with E-state index in [9.17, 15) is 14.7 Å². The third-order valence-electron chi connectivity index (χ3n) is 7.89. The van der Waals surface area contributed by atoms with Crippen LogP contribution in [0.5, 0.6) is 5.75 Å². The molecule has 0 heterocycles. The zero-order chi connectivity index (χ0) is 29.0. The van der Waals surface area contributed by atoms with Crippen molar-refractivity contribution in [2.45, 2.75) is 99.1 Å². The number of amides is 1. The van der Waals surface area contributed by atoms with E-state index in [-0.39, 0.29) is 30.0 Å². The first kappa shape index (κ1) is 34.1. The Morgan fingerprint density at radius 2 is 1.71 bits per heavy atom. The van der Waals surface area contributed by atoms with E-state index in [4.69, 9.17) is 20.9 Å². The maximum atomic E-state index is 13.0. The van der Waals surface area contributed by atoms with Crippen LogP contribution in [0.2, 0.25) is 0 Å². The summed E-state index contributed by atoms with van der Waals surface area (Å²) in [4.78, 5) is 24.7. The molecule has 0 saturated carbocycles. The molecule has 1 rings (SSSR count). The fourth-order valence-electron chi connectivity index (χ4n) is 4.67. The summed E-state index contributed by atoms with van der Waals surface area (Å²) in [5.41, 5.74) is 13.5. The second-order valence-corrected chi connectivity index (χ2v) is 12.3. The number of rotatable bonds is 19. The summed E-state index contributed by atoms with van der Waals surface area (Å²) in [7, 11) is 1.69. The number of carbonyl (C=O) groups excluding carboxylic acids is 2. The van der Waals surface area contributed by atoms with Gasteiger partial charge >= 0.3 is 0 Å². The van der Waals surface area contributed by atoms with Crippen molar-refractivity contribution in [1.82, 2.24) is 0 Å². The summed E-state index contributed by atoms with van der Waals surface area (Å²) in [6.07, 6.45) is 2.53. The van der Waals surface area contributed by atoms with Crippen molar-refractivity contribution < 1.29 is 24.2 Å². The molecule has 0 spiro atoms. The van der Waals surface area contributed by atoms with Gasteiger partial charge in [0.1, 0.15) is 11.5 Å². The van der Waals surface area contributed by atoms with Crippen molar-refractivity contribution in [2.75, 3.05) is 20.3 Å². The molecule has 7 nitrogen and oxygen atoms in total. The number of hydrogen-bond acceptors (Lipinski definition) is 6. The van der Waals surface area contributed by atoms with Gasteiger partial charge in [-0.15, -0.1) is 0 Å². The third kappa shape index (κ3) is 11.4. The molecule has 2 unspecified atom stereocenters. The summed E-state index contributed by atoms with van der Waals surface area (Å²) in [6.45, 7) is 15.2. The number of aryl methyl sites for hydroxylation is 1. The Kier molecular flexibility index (Phi) is 14.5. The highest BCUT2D eigenvalue weighted by atomic mass is 16.5. The zero-order valence-corrected chi connectivity index (χ0v) is 25.1. The van der Waals surface area contributed by atoms with E-state index >= 15 is 0 Å². The summed E-state index contributed by atoms with van der Waals surface area (Å²) in [5.74, 6) is 0.935. The number of nitrogens with two attached hydrogens (primary N) is 2. The van der Waals surface area contributed by atoms with Gasteiger partial charge < -0.3 is 26.0 Å². The lowest BCUT2D eigenvalue weighted by molar-refractivity contribution is -0.128. The van der Waals surface area contributed by atoms with Crippen molar-refractivity contribution in [1.29, 1.82) is 0 Å². The number of hydrogen-bond donors (Lipinski definition) is 3. The number of ketones is 1. The smallest absolute Gasteiger partial charge is 0.223 e. The van der Waals surface area contributed by atoms with Crippen LogP contribution >= 0.6 is 0 Å². The molecule has 5 N–H and O–H groups in total. The lowest BCUT2D eigenvalue weighted by atomic mass is 9.78. The van der Waals surface area contributed by atoms with E-state index in [1.807, 2.05) is 20.8 Å². The van der Waals surface area contributed by atoms with E-state index < -0.39 is 23.5 Å². The maximum absolute atomic E-state index is 13.0. The molecule has 0 aromatic heterocycles. The Labute approximate surface area is 231 Å². The Morgan fingerprint density at radius 3 is 2.26 bits per heavy atom. The Balaban J connectivity index is 2.82. The average molecular weight is 535 g/mol. The minimum Gasteiger partial charge on any atom is -0.493 e. The lowest BCUT2D eigenvalue weighted by Gasteiger charge is -2.30. The average Bonchev–Trinajstić information content (AvgIpc) is 2.84. The second-order valence-electron chi connectivity index (χ2n) is 12.3. The Morgan fingerprint density at radius 1 is 1.05 bits per heavy atom. The minimum absolute atomic E-state index is 0.0543. The maximum Gasteiger partial charge on any atom is 0.223 e. The van der Waals surface area contributed by atoms with Crippen LogP contribution < -0.4 is 16.2 Å². The second kappa shape index (κ2) is 16.2. The zero-order valence-electron chi connectivity index (χ0n) is 25.1. The molecule has 0 saturated heterocycles. The molecule has 0 fully saturated rings. The van der Waals surface area contributed by atoms with Crippen LogP contribution in [0, 0.1) is 36.0 Å². The number of primary amides is 1. The molecule has 0 radical (unpaired) electrons. The first-order valence-corrected chi connectivity index (χ1v) is 14.2. The van der Waals surface area contributed by atoms with E-state index in [0.29, 0.717) is 38.4 Å². The standard InChI is InChI=1S/C31H54N2O5/c1-20(2)24(16-23-11-10-22(5)29(17-23)38-15-9-14-37-8)18-26(32)28(35)19-25(21(3)4)27(34)12-13-31(6,7)30(33)36/h10-11,17,20-21,24-26,28,35H,9,12-16,18-19,32H2,1-8H3,(H2,33,36)/t24-,25-,26?,28?/m0/s1. The molecule has 0 aliphatic carbocycles. The van der Waals surface area contributed by atoms with Crippen LogP contribution in [0.3, 0.4) is 0 Å². The third-order valence-corrected chi connectivity index (χ3v) is 7.89. The summed E-state index contributed by atoms with van der Waals surface area (Å²) < 4.78 is 11.1. The molecule has 0 aliphatic rings. The monoisotopic (exact) mass is 534 g/mol. The highest BCUT2D eigenvalue weighted by Crippen LogP contribution is 2.30. The van der Waals surface area contributed by atoms with Crippen LogP contribution in [0.15, 0.2) is 18.2 Å². The molecule has 1 amide bonds. The van der Waals surface area contributed by atoms with E-state index in [1.54, 1.807) is 21.0 Å². The van der Waals surface area contributed by atoms with Crippen molar-refractivity contribution >= 4 is 11.7 Å². The van der Waals surface area contributed by atoms with E-state index in [1.165, 1.54) is 5.56 Å². The van der Waals surface area contributed by atoms with Crippen LogP contribution in [-0.4, -0.2) is 49.3 Å². The van der Waals surface area contributed by atoms with Gasteiger partial charge in [0.15, 0.2) is 0 Å². The number of aliphatic hydroxyl groups excluding tert-OH is 1. The predicted octanol–water partition coefficient (Wildman–Crippen LogP) is 4.83. The molecule has 4 atom stereocenters. The SMILES string of the molecule is COCCCOc1cc(C[C@@H](CC(N)C(O)C[C@H](C(=O)CCC(C)(C)C(N)=O)C(C)C)C(C)C)ccc1C. The van der Waals surface area contributed by atoms with Gasteiger partial charge in [0.25, 0.3) is 0 Å². The van der Waals surface area contributed by atoms with E-state index in [0.717, 1.165) is 24.2 Å². The molecular weight excluding hydrogens is 480 g/mol. The lowest BCUT2D eigenvalue weighted by Crippen LogP contribution is -2.41. The fourth-order valence-corrected chi connectivity index (χ4v) is 4.67. The minimum atomic E-state index is -0.783. The molecule has 0 aliphatic heterocycles. The molecule has 0 bridgehead atoms. The number of aliphatic hydroxyl groups is 1. The molecule has 218 valence electrons. The van der Waals surface area contributed by atoms with Crippen LogP contribution in [0.4, 0.5) is 0 Å². The quantitative estimate of drug-likeness (QED) is 0.218. The Bertz CT molecular complexity index is 868. The largest absolute Gasteiger partial charge is 0.493 e. The van der Waals surface area contributed by atoms with Crippen LogP contribution in [0.25, 0.3) is 0 Å². The highest BCUT2D eigenvalue weighted by molar-refractivity contribution is 5.84. The predicted molar refractivity (Wildman–Crippen MR) is 154 cm³/mol. The van der Waals surface area contributed by atoms with Gasteiger partial charge in [-0.05, 0) is 67.6 Å². The molecule has 1 aromatic rings. The first-order chi connectivity index (χ1) is 17.7. The van der Waals surface area contributed by atoms with Gasteiger partial charge in [-0.3, -0.25) is 9.59 Å². The van der Waals surface area contributed by atoms with E-state index in [2.05, 4.69) is 32.0 Å². The summed E-state index contributed by atoms with van der Waals surface area (Å²) in [5, 5.41) is 11.0. The molecule has 38 heavy (non-hydrogen) atoms. The van der Waals surface area contributed by atoms with Crippen molar-refractivity contribution in [3.63, 3.8) is 0 Å². The van der Waals surface area contributed by atoms with Gasteiger partial charge in [-0.2, -0.15) is 0 Å². The van der Waals surface area contributed by atoms with Gasteiger partial charge in [-0.25, -0.2) is 0 Å². The first-order valence-electron chi connectivity index (χ1n) is 14.2. The van der Waals surface area contributed by atoms with Crippen molar-refractivity contribution in [3.8, 4) is 5.75 Å². The van der Waals surface area contributed by atoms with Crippen LogP contribution in [0.1, 0.15) is 84.8 Å².